The maximum Gasteiger partial charge on any atom is 0.163 e. The summed E-state index contributed by atoms with van der Waals surface area (Å²) in [4.78, 5) is 13.7. The Labute approximate surface area is 124 Å². The molecule has 2 heteroatoms. The highest BCUT2D eigenvalue weighted by atomic mass is 16.1. The van der Waals surface area contributed by atoms with Crippen molar-refractivity contribution in [1.29, 1.82) is 0 Å². The van der Waals surface area contributed by atoms with Gasteiger partial charge in [-0.1, -0.05) is 43.7 Å². The van der Waals surface area contributed by atoms with Gasteiger partial charge < -0.3 is 4.90 Å². The predicted octanol–water partition coefficient (Wildman–Crippen LogP) is 3.05. The van der Waals surface area contributed by atoms with E-state index in [0.717, 1.165) is 18.5 Å². The van der Waals surface area contributed by atoms with Crippen LogP contribution in [0.15, 0.2) is 24.3 Å². The number of quaternary nitrogens is 1. The lowest BCUT2D eigenvalue weighted by atomic mass is 10.0. The number of ketones is 1. The van der Waals surface area contributed by atoms with E-state index in [1.54, 1.807) is 4.90 Å². The van der Waals surface area contributed by atoms with Crippen molar-refractivity contribution >= 4 is 5.78 Å². The largest absolute Gasteiger partial charge is 0.335 e. The van der Waals surface area contributed by atoms with Gasteiger partial charge in [-0.3, -0.25) is 4.79 Å². The highest BCUT2D eigenvalue weighted by molar-refractivity contribution is 5.96. The fourth-order valence-corrected chi connectivity index (χ4v) is 2.68. The minimum atomic E-state index is 0.298. The number of likely N-dealkylation sites (tertiary alicyclic amines) is 1. The van der Waals surface area contributed by atoms with E-state index in [1.807, 2.05) is 45.0 Å². The Morgan fingerprint density at radius 2 is 1.65 bits per heavy atom. The van der Waals surface area contributed by atoms with Crippen molar-refractivity contribution in [3.05, 3.63) is 35.4 Å². The van der Waals surface area contributed by atoms with Gasteiger partial charge in [0.15, 0.2) is 5.78 Å². The molecule has 112 valence electrons. The number of piperidine rings is 1. The van der Waals surface area contributed by atoms with Crippen molar-refractivity contribution in [2.45, 2.75) is 52.9 Å². The molecule has 2 nitrogen and oxygen atoms in total. The number of rotatable bonds is 5. The van der Waals surface area contributed by atoms with Crippen LogP contribution in [-0.4, -0.2) is 25.4 Å². The molecule has 0 amide bonds. The van der Waals surface area contributed by atoms with Crippen LogP contribution < -0.4 is 4.90 Å². The van der Waals surface area contributed by atoms with Crippen LogP contribution in [-0.2, 0) is 0 Å². The Morgan fingerprint density at radius 1 is 1.05 bits per heavy atom. The first-order valence-electron chi connectivity index (χ1n) is 8.19. The molecule has 0 bridgehead atoms. The number of hydrogen-bond donors (Lipinski definition) is 1. The van der Waals surface area contributed by atoms with Crippen molar-refractivity contribution in [2.75, 3.05) is 19.6 Å². The molecule has 1 fully saturated rings. The lowest BCUT2D eigenvalue weighted by Gasteiger charge is -2.23. The van der Waals surface area contributed by atoms with Crippen molar-refractivity contribution in [1.82, 2.24) is 0 Å². The first-order valence-corrected chi connectivity index (χ1v) is 8.19. The molecule has 1 N–H and O–H groups in total. The second-order valence-electron chi connectivity index (χ2n) is 5.45. The standard InChI is InChI=1S/C16H23NO.C2H6/c1-14-7-9-15(10-8-14)16(18)6-5-13-17-11-3-2-4-12-17;1-2/h7-10H,2-6,11-13H2,1H3;1-2H3/p+1. The smallest absolute Gasteiger partial charge is 0.163 e. The highest BCUT2D eigenvalue weighted by Crippen LogP contribution is 2.07. The molecule has 0 atom stereocenters. The fourth-order valence-electron chi connectivity index (χ4n) is 2.68. The SMILES string of the molecule is CC.Cc1ccc(C(=O)CCC[NH+]2CCCCC2)cc1. The second kappa shape index (κ2) is 9.71. The molecule has 2 rings (SSSR count). The number of carbonyl (C=O) groups excluding carboxylic acids is 1. The Bertz CT molecular complexity index is 377. The van der Waals surface area contributed by atoms with E-state index in [1.165, 1.54) is 37.9 Å². The molecule has 1 heterocycles. The summed E-state index contributed by atoms with van der Waals surface area (Å²) in [5.74, 6) is 0.298. The topological polar surface area (TPSA) is 21.5 Å². The van der Waals surface area contributed by atoms with E-state index in [4.69, 9.17) is 0 Å². The second-order valence-corrected chi connectivity index (χ2v) is 5.45. The Morgan fingerprint density at radius 3 is 2.25 bits per heavy atom. The van der Waals surface area contributed by atoms with Crippen molar-refractivity contribution < 1.29 is 9.69 Å². The quantitative estimate of drug-likeness (QED) is 0.820. The van der Waals surface area contributed by atoms with Gasteiger partial charge in [0.1, 0.15) is 0 Å². The van der Waals surface area contributed by atoms with Crippen molar-refractivity contribution in [3.63, 3.8) is 0 Å². The van der Waals surface area contributed by atoms with Crippen molar-refractivity contribution in [2.24, 2.45) is 0 Å². The summed E-state index contributed by atoms with van der Waals surface area (Å²) >= 11 is 0. The Balaban J connectivity index is 0.000000956. The van der Waals surface area contributed by atoms with Crippen LogP contribution in [0.25, 0.3) is 0 Å². The third-order valence-electron chi connectivity index (χ3n) is 3.87. The van der Waals surface area contributed by atoms with Gasteiger partial charge in [0.05, 0.1) is 19.6 Å². The molecule has 0 aliphatic carbocycles. The van der Waals surface area contributed by atoms with Crippen LogP contribution in [0.5, 0.6) is 0 Å². The normalized spacial score (nSPS) is 15.3. The third kappa shape index (κ3) is 5.87. The summed E-state index contributed by atoms with van der Waals surface area (Å²) in [6, 6.07) is 7.93. The van der Waals surface area contributed by atoms with Crippen LogP contribution in [0.2, 0.25) is 0 Å². The summed E-state index contributed by atoms with van der Waals surface area (Å²) in [5, 5.41) is 0. The number of aryl methyl sites for hydroxylation is 1. The molecule has 1 aliphatic rings. The van der Waals surface area contributed by atoms with Gasteiger partial charge in [-0.15, -0.1) is 0 Å². The fraction of sp³-hybridized carbons (Fsp3) is 0.611. The summed E-state index contributed by atoms with van der Waals surface area (Å²) in [7, 11) is 0. The van der Waals surface area contributed by atoms with Gasteiger partial charge in [0.25, 0.3) is 0 Å². The summed E-state index contributed by atoms with van der Waals surface area (Å²) < 4.78 is 0. The first-order chi connectivity index (χ1) is 9.75. The molecule has 1 aromatic carbocycles. The van der Waals surface area contributed by atoms with E-state index in [2.05, 4.69) is 0 Å². The molecule has 0 radical (unpaired) electrons. The molecular weight excluding hydrogens is 246 g/mol. The molecular formula is C18H30NO+. The van der Waals surface area contributed by atoms with E-state index in [-0.39, 0.29) is 0 Å². The lowest BCUT2D eigenvalue weighted by molar-refractivity contribution is -0.905. The molecule has 0 spiro atoms. The van der Waals surface area contributed by atoms with E-state index >= 15 is 0 Å². The number of Topliss-reactive ketones (excluding diaryl/α,β-unsaturated/α-hetero) is 1. The van der Waals surface area contributed by atoms with Crippen LogP contribution in [0.4, 0.5) is 0 Å². The Kier molecular flexibility index (Phi) is 8.20. The number of carbonyl (C=O) groups is 1. The highest BCUT2D eigenvalue weighted by Gasteiger charge is 2.13. The molecule has 20 heavy (non-hydrogen) atoms. The van der Waals surface area contributed by atoms with Crippen molar-refractivity contribution in [3.8, 4) is 0 Å². The van der Waals surface area contributed by atoms with Gasteiger partial charge in [-0.25, -0.2) is 0 Å². The van der Waals surface area contributed by atoms with Crippen LogP contribution in [0.3, 0.4) is 0 Å². The molecule has 0 unspecified atom stereocenters. The zero-order valence-corrected chi connectivity index (χ0v) is 13.4. The van der Waals surface area contributed by atoms with Gasteiger partial charge in [-0.05, 0) is 26.2 Å². The maximum atomic E-state index is 12.0. The average Bonchev–Trinajstić information content (AvgIpc) is 2.51. The van der Waals surface area contributed by atoms with Gasteiger partial charge in [0, 0.05) is 18.4 Å². The minimum absolute atomic E-state index is 0.298. The molecule has 1 saturated heterocycles. The van der Waals surface area contributed by atoms with E-state index < -0.39 is 0 Å². The predicted molar refractivity (Wildman–Crippen MR) is 85.5 cm³/mol. The van der Waals surface area contributed by atoms with Crippen LogP contribution in [0.1, 0.15) is 61.9 Å². The lowest BCUT2D eigenvalue weighted by Crippen LogP contribution is -3.12. The average molecular weight is 276 g/mol. The summed E-state index contributed by atoms with van der Waals surface area (Å²) in [6.45, 7) is 9.82. The van der Waals surface area contributed by atoms with Gasteiger partial charge >= 0.3 is 0 Å². The third-order valence-corrected chi connectivity index (χ3v) is 3.87. The van der Waals surface area contributed by atoms with Gasteiger partial charge in [0.2, 0.25) is 0 Å². The number of benzene rings is 1. The summed E-state index contributed by atoms with van der Waals surface area (Å²) in [5.41, 5.74) is 2.08. The minimum Gasteiger partial charge on any atom is -0.335 e. The first kappa shape index (κ1) is 16.9. The molecule has 0 saturated carbocycles. The molecule has 1 aliphatic heterocycles. The van der Waals surface area contributed by atoms with E-state index in [0.29, 0.717) is 12.2 Å². The Hall–Kier alpha value is -1.15. The molecule has 0 aromatic heterocycles. The van der Waals surface area contributed by atoms with Gasteiger partial charge in [-0.2, -0.15) is 0 Å². The number of hydrogen-bond acceptors (Lipinski definition) is 1. The summed E-state index contributed by atoms with van der Waals surface area (Å²) in [6.07, 6.45) is 5.85. The molecule has 1 aromatic rings. The maximum absolute atomic E-state index is 12.0. The van der Waals surface area contributed by atoms with Crippen LogP contribution >= 0.6 is 0 Å². The van der Waals surface area contributed by atoms with Crippen LogP contribution in [0, 0.1) is 6.92 Å². The zero-order chi connectivity index (χ0) is 14.8. The van der Waals surface area contributed by atoms with E-state index in [9.17, 15) is 4.79 Å². The number of nitrogens with one attached hydrogen (secondary N) is 1. The monoisotopic (exact) mass is 276 g/mol. The zero-order valence-electron chi connectivity index (χ0n) is 13.4.